The van der Waals surface area contributed by atoms with E-state index in [1.165, 1.54) is 11.8 Å². The van der Waals surface area contributed by atoms with Crippen LogP contribution in [-0.4, -0.2) is 36.1 Å². The van der Waals surface area contributed by atoms with Gasteiger partial charge in [-0.05, 0) is 29.8 Å². The molecule has 0 aromatic heterocycles. The molecular formula is C19H20N2O3S. The first-order valence-electron chi connectivity index (χ1n) is 8.00. The van der Waals surface area contributed by atoms with Crippen LogP contribution in [-0.2, 0) is 16.1 Å². The standard InChI is InChI=1S/C19H20N2O3S/c1-21(12-13-7-9-14(24-2)10-8-13)18(22)11-17-19(23)20-15-5-3-4-6-16(15)25-17/h3-10,17H,11-12H2,1-2H3,(H,20,23). The molecule has 0 fully saturated rings. The molecule has 1 aliphatic heterocycles. The Morgan fingerprint density at radius 2 is 1.92 bits per heavy atom. The van der Waals surface area contributed by atoms with Crippen molar-refractivity contribution in [2.45, 2.75) is 23.1 Å². The molecule has 0 bridgehead atoms. The van der Waals surface area contributed by atoms with Crippen molar-refractivity contribution >= 4 is 29.3 Å². The summed E-state index contributed by atoms with van der Waals surface area (Å²) in [6.07, 6.45) is 0.178. The largest absolute Gasteiger partial charge is 0.497 e. The first-order chi connectivity index (χ1) is 12.1. The third-order valence-corrected chi connectivity index (χ3v) is 5.35. The summed E-state index contributed by atoms with van der Waals surface area (Å²) >= 11 is 1.45. The van der Waals surface area contributed by atoms with E-state index in [2.05, 4.69) is 5.32 Å². The van der Waals surface area contributed by atoms with E-state index in [1.807, 2.05) is 48.5 Å². The van der Waals surface area contributed by atoms with Crippen LogP contribution in [0.15, 0.2) is 53.4 Å². The van der Waals surface area contributed by atoms with Gasteiger partial charge in [0, 0.05) is 24.9 Å². The Morgan fingerprint density at radius 1 is 1.20 bits per heavy atom. The van der Waals surface area contributed by atoms with E-state index in [-0.39, 0.29) is 18.2 Å². The third kappa shape index (κ3) is 4.14. The zero-order valence-corrected chi connectivity index (χ0v) is 15.0. The number of hydrogen-bond acceptors (Lipinski definition) is 4. The Morgan fingerprint density at radius 3 is 2.64 bits per heavy atom. The molecule has 2 amide bonds. The fraction of sp³-hybridized carbons (Fsp3) is 0.263. The number of ether oxygens (including phenoxy) is 1. The smallest absolute Gasteiger partial charge is 0.238 e. The zero-order chi connectivity index (χ0) is 17.8. The molecular weight excluding hydrogens is 336 g/mol. The molecule has 0 spiro atoms. The molecule has 0 aliphatic carbocycles. The Kier molecular flexibility index (Phi) is 5.28. The molecule has 6 heteroatoms. The summed E-state index contributed by atoms with van der Waals surface area (Å²) in [5, 5.41) is 2.47. The van der Waals surface area contributed by atoms with Crippen LogP contribution in [0.25, 0.3) is 0 Å². The highest BCUT2D eigenvalue weighted by Gasteiger charge is 2.29. The van der Waals surface area contributed by atoms with Crippen molar-refractivity contribution < 1.29 is 14.3 Å². The molecule has 1 heterocycles. The number of rotatable bonds is 5. The predicted octanol–water partition coefficient (Wildman–Crippen LogP) is 3.16. The van der Waals surface area contributed by atoms with Crippen LogP contribution < -0.4 is 10.1 Å². The lowest BCUT2D eigenvalue weighted by atomic mass is 10.2. The number of hydrogen-bond donors (Lipinski definition) is 1. The number of thioether (sulfide) groups is 1. The number of nitrogens with zero attached hydrogens (tertiary/aromatic N) is 1. The summed E-state index contributed by atoms with van der Waals surface area (Å²) in [6, 6.07) is 15.2. The molecule has 2 aromatic carbocycles. The topological polar surface area (TPSA) is 58.6 Å². The number of para-hydroxylation sites is 1. The molecule has 5 nitrogen and oxygen atoms in total. The SMILES string of the molecule is COc1ccc(CN(C)C(=O)CC2Sc3ccccc3NC2=O)cc1. The average Bonchev–Trinajstić information content (AvgIpc) is 2.63. The minimum Gasteiger partial charge on any atom is -0.497 e. The lowest BCUT2D eigenvalue weighted by Crippen LogP contribution is -2.35. The van der Waals surface area contributed by atoms with Crippen molar-refractivity contribution in [2.24, 2.45) is 0 Å². The lowest BCUT2D eigenvalue weighted by Gasteiger charge is -2.25. The van der Waals surface area contributed by atoms with Gasteiger partial charge in [-0.1, -0.05) is 24.3 Å². The summed E-state index contributed by atoms with van der Waals surface area (Å²) in [5.41, 5.74) is 1.83. The Bertz CT molecular complexity index is 776. The Balaban J connectivity index is 1.60. The van der Waals surface area contributed by atoms with Crippen molar-refractivity contribution in [3.8, 4) is 5.75 Å². The highest BCUT2D eigenvalue weighted by molar-refractivity contribution is 8.01. The lowest BCUT2D eigenvalue weighted by molar-refractivity contribution is -0.131. The maximum atomic E-state index is 12.5. The number of nitrogens with one attached hydrogen (secondary N) is 1. The van der Waals surface area contributed by atoms with Gasteiger partial charge in [0.2, 0.25) is 11.8 Å². The number of methoxy groups -OCH3 is 1. The van der Waals surface area contributed by atoms with Crippen LogP contribution in [0.3, 0.4) is 0 Å². The summed E-state index contributed by atoms with van der Waals surface area (Å²) < 4.78 is 5.13. The first-order valence-corrected chi connectivity index (χ1v) is 8.88. The number of carbonyl (C=O) groups excluding carboxylic acids is 2. The molecule has 130 valence electrons. The number of carbonyl (C=O) groups is 2. The van der Waals surface area contributed by atoms with E-state index in [1.54, 1.807) is 19.1 Å². The van der Waals surface area contributed by atoms with E-state index in [0.717, 1.165) is 21.9 Å². The van der Waals surface area contributed by atoms with Crippen molar-refractivity contribution in [3.05, 3.63) is 54.1 Å². The fourth-order valence-corrected chi connectivity index (χ4v) is 3.74. The third-order valence-electron chi connectivity index (χ3n) is 4.07. The number of benzene rings is 2. The molecule has 1 aliphatic rings. The van der Waals surface area contributed by atoms with Crippen molar-refractivity contribution in [2.75, 3.05) is 19.5 Å². The highest BCUT2D eigenvalue weighted by Crippen LogP contribution is 2.36. The zero-order valence-electron chi connectivity index (χ0n) is 14.2. The molecule has 0 saturated carbocycles. The van der Waals surface area contributed by atoms with Gasteiger partial charge in [0.1, 0.15) is 5.75 Å². The maximum Gasteiger partial charge on any atom is 0.238 e. The summed E-state index contributed by atoms with van der Waals surface area (Å²) in [4.78, 5) is 27.4. The van der Waals surface area contributed by atoms with Crippen LogP contribution in [0.1, 0.15) is 12.0 Å². The molecule has 0 radical (unpaired) electrons. The van der Waals surface area contributed by atoms with Gasteiger partial charge in [0.05, 0.1) is 18.0 Å². The summed E-state index contributed by atoms with van der Waals surface area (Å²) in [5.74, 6) is 0.615. The second kappa shape index (κ2) is 7.61. The van der Waals surface area contributed by atoms with Gasteiger partial charge in [0.25, 0.3) is 0 Å². The van der Waals surface area contributed by atoms with Crippen LogP contribution in [0.2, 0.25) is 0 Å². The van der Waals surface area contributed by atoms with Gasteiger partial charge in [-0.15, -0.1) is 11.8 Å². The fourth-order valence-electron chi connectivity index (χ4n) is 2.63. The molecule has 0 saturated heterocycles. The van der Waals surface area contributed by atoms with Gasteiger partial charge in [-0.2, -0.15) is 0 Å². The molecule has 1 N–H and O–H groups in total. The Labute approximate surface area is 151 Å². The van der Waals surface area contributed by atoms with E-state index in [9.17, 15) is 9.59 Å². The van der Waals surface area contributed by atoms with Gasteiger partial charge >= 0.3 is 0 Å². The first kappa shape index (κ1) is 17.4. The summed E-state index contributed by atoms with van der Waals surface area (Å²) in [6.45, 7) is 0.498. The molecule has 2 aromatic rings. The monoisotopic (exact) mass is 356 g/mol. The van der Waals surface area contributed by atoms with Crippen LogP contribution >= 0.6 is 11.8 Å². The van der Waals surface area contributed by atoms with Gasteiger partial charge in [-0.25, -0.2) is 0 Å². The molecule has 25 heavy (non-hydrogen) atoms. The number of amides is 2. The molecule has 1 atom stereocenters. The second-order valence-corrected chi connectivity index (χ2v) is 7.14. The van der Waals surface area contributed by atoms with E-state index < -0.39 is 5.25 Å². The quantitative estimate of drug-likeness (QED) is 0.894. The minimum absolute atomic E-state index is 0.0529. The van der Waals surface area contributed by atoms with Gasteiger partial charge < -0.3 is 15.0 Å². The van der Waals surface area contributed by atoms with Gasteiger partial charge in [0.15, 0.2) is 0 Å². The highest BCUT2D eigenvalue weighted by atomic mass is 32.2. The normalized spacial score (nSPS) is 15.9. The molecule has 3 rings (SSSR count). The summed E-state index contributed by atoms with van der Waals surface area (Å²) in [7, 11) is 3.38. The van der Waals surface area contributed by atoms with E-state index in [0.29, 0.717) is 6.54 Å². The van der Waals surface area contributed by atoms with Crippen molar-refractivity contribution in [1.82, 2.24) is 4.90 Å². The second-order valence-electron chi connectivity index (χ2n) is 5.89. The van der Waals surface area contributed by atoms with Crippen LogP contribution in [0.5, 0.6) is 5.75 Å². The molecule has 1 unspecified atom stereocenters. The Hall–Kier alpha value is -2.47. The van der Waals surface area contributed by atoms with Crippen molar-refractivity contribution in [3.63, 3.8) is 0 Å². The van der Waals surface area contributed by atoms with Crippen molar-refractivity contribution in [1.29, 1.82) is 0 Å². The maximum absolute atomic E-state index is 12.5. The minimum atomic E-state index is -0.402. The average molecular weight is 356 g/mol. The van der Waals surface area contributed by atoms with Crippen LogP contribution in [0.4, 0.5) is 5.69 Å². The number of fused-ring (bicyclic) bond motifs is 1. The van der Waals surface area contributed by atoms with Crippen LogP contribution in [0, 0.1) is 0 Å². The van der Waals surface area contributed by atoms with E-state index in [4.69, 9.17) is 4.74 Å². The van der Waals surface area contributed by atoms with E-state index >= 15 is 0 Å². The number of anilines is 1. The van der Waals surface area contributed by atoms with Gasteiger partial charge in [-0.3, -0.25) is 9.59 Å². The predicted molar refractivity (Wildman–Crippen MR) is 98.8 cm³/mol.